The molecule has 1 aliphatic heterocycles. The lowest BCUT2D eigenvalue weighted by Gasteiger charge is -2.23. The Kier molecular flexibility index (Phi) is 3.73. The van der Waals surface area contributed by atoms with Gasteiger partial charge in [-0.25, -0.2) is 9.67 Å². The average molecular weight is 271 g/mol. The summed E-state index contributed by atoms with van der Waals surface area (Å²) in [5.41, 5.74) is 1.56. The van der Waals surface area contributed by atoms with Gasteiger partial charge in [0.05, 0.1) is 17.4 Å². The van der Waals surface area contributed by atoms with E-state index in [9.17, 15) is 4.79 Å². The van der Waals surface area contributed by atoms with E-state index in [1.807, 2.05) is 24.3 Å². The van der Waals surface area contributed by atoms with Crippen molar-refractivity contribution in [3.05, 3.63) is 36.9 Å². The number of hydrogen-bond donors (Lipinski definition) is 2. The van der Waals surface area contributed by atoms with Crippen molar-refractivity contribution in [2.75, 3.05) is 11.9 Å². The summed E-state index contributed by atoms with van der Waals surface area (Å²) in [4.78, 5) is 16.2. The molecule has 1 aromatic carbocycles. The molecular weight excluding hydrogens is 254 g/mol. The van der Waals surface area contributed by atoms with Crippen LogP contribution in [0.1, 0.15) is 19.3 Å². The van der Waals surface area contributed by atoms with Crippen LogP contribution in [0.15, 0.2) is 36.9 Å². The van der Waals surface area contributed by atoms with Crippen molar-refractivity contribution in [3.63, 3.8) is 0 Å². The van der Waals surface area contributed by atoms with Crippen LogP contribution in [0.2, 0.25) is 0 Å². The number of nitrogens with zero attached hydrogens (tertiary/aromatic N) is 3. The van der Waals surface area contributed by atoms with Crippen LogP contribution in [0.25, 0.3) is 5.69 Å². The van der Waals surface area contributed by atoms with E-state index < -0.39 is 0 Å². The van der Waals surface area contributed by atoms with Gasteiger partial charge in [-0.1, -0.05) is 18.6 Å². The number of aromatic nitrogens is 3. The summed E-state index contributed by atoms with van der Waals surface area (Å²) in [6, 6.07) is 7.47. The van der Waals surface area contributed by atoms with Crippen LogP contribution in [-0.4, -0.2) is 33.3 Å². The Morgan fingerprint density at radius 2 is 2.25 bits per heavy atom. The monoisotopic (exact) mass is 271 g/mol. The quantitative estimate of drug-likeness (QED) is 0.884. The van der Waals surface area contributed by atoms with Gasteiger partial charge in [0.1, 0.15) is 12.7 Å². The minimum absolute atomic E-state index is 0.0114. The largest absolute Gasteiger partial charge is 0.323 e. The number of amides is 1. The van der Waals surface area contributed by atoms with Crippen molar-refractivity contribution in [3.8, 4) is 5.69 Å². The van der Waals surface area contributed by atoms with Crippen molar-refractivity contribution in [2.24, 2.45) is 0 Å². The summed E-state index contributed by atoms with van der Waals surface area (Å²) in [6.07, 6.45) is 6.21. The SMILES string of the molecule is O=C(Nc1ccccc1-n1cncn1)[C@@H]1CCCCN1. The first kappa shape index (κ1) is 12.8. The van der Waals surface area contributed by atoms with Gasteiger partial charge in [0, 0.05) is 0 Å². The number of benzene rings is 1. The molecule has 0 aliphatic carbocycles. The third-order valence-corrected chi connectivity index (χ3v) is 3.45. The maximum atomic E-state index is 12.3. The van der Waals surface area contributed by atoms with Crippen molar-refractivity contribution >= 4 is 11.6 Å². The molecule has 1 saturated heterocycles. The third kappa shape index (κ3) is 2.70. The molecule has 3 rings (SSSR count). The van der Waals surface area contributed by atoms with E-state index in [0.717, 1.165) is 37.2 Å². The number of carbonyl (C=O) groups is 1. The molecule has 6 nitrogen and oxygen atoms in total. The number of nitrogens with one attached hydrogen (secondary N) is 2. The number of hydrogen-bond acceptors (Lipinski definition) is 4. The molecule has 2 heterocycles. The fourth-order valence-corrected chi connectivity index (χ4v) is 2.41. The van der Waals surface area contributed by atoms with Gasteiger partial charge in [-0.15, -0.1) is 0 Å². The van der Waals surface area contributed by atoms with Crippen LogP contribution < -0.4 is 10.6 Å². The smallest absolute Gasteiger partial charge is 0.241 e. The second kappa shape index (κ2) is 5.83. The lowest BCUT2D eigenvalue weighted by molar-refractivity contribution is -0.118. The number of rotatable bonds is 3. The highest BCUT2D eigenvalue weighted by Crippen LogP contribution is 2.19. The first-order chi connectivity index (χ1) is 9.84. The minimum atomic E-state index is -0.104. The van der Waals surface area contributed by atoms with Gasteiger partial charge in [0.15, 0.2) is 0 Å². The summed E-state index contributed by atoms with van der Waals surface area (Å²) in [5, 5.41) is 10.3. The van der Waals surface area contributed by atoms with Gasteiger partial charge in [-0.2, -0.15) is 5.10 Å². The predicted molar refractivity (Wildman–Crippen MR) is 75.6 cm³/mol. The Morgan fingerprint density at radius 3 is 3.00 bits per heavy atom. The van der Waals surface area contributed by atoms with Gasteiger partial charge in [-0.3, -0.25) is 4.79 Å². The molecule has 0 saturated carbocycles. The summed E-state index contributed by atoms with van der Waals surface area (Å²) in [7, 11) is 0. The Bertz CT molecular complexity index is 575. The number of anilines is 1. The van der Waals surface area contributed by atoms with Gasteiger partial charge in [0.2, 0.25) is 5.91 Å². The first-order valence-corrected chi connectivity index (χ1v) is 6.83. The van der Waals surface area contributed by atoms with Crippen molar-refractivity contribution in [1.29, 1.82) is 0 Å². The zero-order valence-electron chi connectivity index (χ0n) is 11.1. The van der Waals surface area contributed by atoms with E-state index in [1.54, 1.807) is 11.0 Å². The van der Waals surface area contributed by atoms with E-state index in [1.165, 1.54) is 6.33 Å². The molecule has 1 amide bonds. The lowest BCUT2D eigenvalue weighted by Crippen LogP contribution is -2.43. The van der Waals surface area contributed by atoms with Crippen molar-refractivity contribution in [1.82, 2.24) is 20.1 Å². The van der Waals surface area contributed by atoms with E-state index in [4.69, 9.17) is 0 Å². The number of piperidine rings is 1. The molecule has 2 aromatic rings. The predicted octanol–water partition coefficient (Wildman–Crippen LogP) is 1.35. The third-order valence-electron chi connectivity index (χ3n) is 3.45. The second-order valence-corrected chi connectivity index (χ2v) is 4.85. The molecule has 104 valence electrons. The maximum absolute atomic E-state index is 12.3. The van der Waals surface area contributed by atoms with Crippen LogP contribution >= 0.6 is 0 Å². The van der Waals surface area contributed by atoms with Crippen LogP contribution in [0.4, 0.5) is 5.69 Å². The minimum Gasteiger partial charge on any atom is -0.323 e. The fourth-order valence-electron chi connectivity index (χ4n) is 2.41. The topological polar surface area (TPSA) is 71.8 Å². The molecule has 0 unspecified atom stereocenters. The van der Waals surface area contributed by atoms with E-state index in [-0.39, 0.29) is 11.9 Å². The van der Waals surface area contributed by atoms with Crippen LogP contribution in [0, 0.1) is 0 Å². The summed E-state index contributed by atoms with van der Waals surface area (Å²) >= 11 is 0. The second-order valence-electron chi connectivity index (χ2n) is 4.85. The lowest BCUT2D eigenvalue weighted by atomic mass is 10.0. The van der Waals surface area contributed by atoms with E-state index in [0.29, 0.717) is 0 Å². The van der Waals surface area contributed by atoms with E-state index in [2.05, 4.69) is 20.7 Å². The van der Waals surface area contributed by atoms with Gasteiger partial charge in [0.25, 0.3) is 0 Å². The molecule has 20 heavy (non-hydrogen) atoms. The molecule has 1 fully saturated rings. The van der Waals surface area contributed by atoms with Crippen LogP contribution in [-0.2, 0) is 4.79 Å². The molecule has 2 N–H and O–H groups in total. The highest BCUT2D eigenvalue weighted by Gasteiger charge is 2.21. The van der Waals surface area contributed by atoms with E-state index >= 15 is 0 Å². The van der Waals surface area contributed by atoms with Crippen molar-refractivity contribution < 1.29 is 4.79 Å². The molecular formula is C14H17N5O. The van der Waals surface area contributed by atoms with Gasteiger partial charge in [-0.05, 0) is 31.5 Å². The van der Waals surface area contributed by atoms with Gasteiger partial charge >= 0.3 is 0 Å². The Labute approximate surface area is 117 Å². The first-order valence-electron chi connectivity index (χ1n) is 6.83. The average Bonchev–Trinajstić information content (AvgIpc) is 3.03. The number of para-hydroxylation sites is 2. The normalized spacial score (nSPS) is 18.7. The molecule has 0 bridgehead atoms. The van der Waals surface area contributed by atoms with Crippen LogP contribution in [0.5, 0.6) is 0 Å². The Balaban J connectivity index is 1.79. The zero-order valence-corrected chi connectivity index (χ0v) is 11.1. The summed E-state index contributed by atoms with van der Waals surface area (Å²) in [6.45, 7) is 0.906. The standard InChI is InChI=1S/C14H17N5O/c20-14(12-6-3-4-8-16-12)18-11-5-1-2-7-13(11)19-10-15-9-17-19/h1-2,5,7,9-10,12,16H,3-4,6,8H2,(H,18,20)/t12-/m0/s1. The highest BCUT2D eigenvalue weighted by molar-refractivity contribution is 5.96. The molecule has 6 heteroatoms. The maximum Gasteiger partial charge on any atom is 0.241 e. The molecule has 1 aromatic heterocycles. The fraction of sp³-hybridized carbons (Fsp3) is 0.357. The Morgan fingerprint density at radius 1 is 1.35 bits per heavy atom. The zero-order chi connectivity index (χ0) is 13.8. The molecule has 1 atom stereocenters. The molecule has 1 aliphatic rings. The molecule has 0 spiro atoms. The molecule has 0 radical (unpaired) electrons. The Hall–Kier alpha value is -2.21. The van der Waals surface area contributed by atoms with Gasteiger partial charge < -0.3 is 10.6 Å². The highest BCUT2D eigenvalue weighted by atomic mass is 16.2. The summed E-state index contributed by atoms with van der Waals surface area (Å²) < 4.78 is 1.64. The number of carbonyl (C=O) groups excluding carboxylic acids is 1. The van der Waals surface area contributed by atoms with Crippen molar-refractivity contribution in [2.45, 2.75) is 25.3 Å². The van der Waals surface area contributed by atoms with Crippen LogP contribution in [0.3, 0.4) is 0 Å². The summed E-state index contributed by atoms with van der Waals surface area (Å²) in [5.74, 6) is 0.0114.